The smallest absolute Gasteiger partial charge is 0.262 e. The number of benzene rings is 2. The lowest BCUT2D eigenvalue weighted by molar-refractivity contribution is -0.137. The average Bonchev–Trinajstić information content (AvgIpc) is 3.36. The zero-order valence-corrected chi connectivity index (χ0v) is 19.7. The molecule has 8 heteroatoms. The summed E-state index contributed by atoms with van der Waals surface area (Å²) in [6, 6.07) is 13.2. The highest BCUT2D eigenvalue weighted by atomic mass is 35.5. The van der Waals surface area contributed by atoms with Gasteiger partial charge in [0, 0.05) is 22.7 Å². The van der Waals surface area contributed by atoms with Gasteiger partial charge in [0.2, 0.25) is 5.91 Å². The summed E-state index contributed by atoms with van der Waals surface area (Å²) in [4.78, 5) is 42.7. The van der Waals surface area contributed by atoms with Crippen LogP contribution in [0.5, 0.6) is 0 Å². The third-order valence-corrected chi connectivity index (χ3v) is 6.63. The summed E-state index contributed by atoms with van der Waals surface area (Å²) in [7, 11) is 0. The largest absolute Gasteiger partial charge is 0.356 e. The Balaban J connectivity index is 1.40. The molecule has 5 rings (SSSR count). The van der Waals surface area contributed by atoms with E-state index < -0.39 is 17.9 Å². The molecule has 0 fully saturated rings. The van der Waals surface area contributed by atoms with Crippen molar-refractivity contribution in [2.75, 3.05) is 6.54 Å². The van der Waals surface area contributed by atoms with Crippen LogP contribution in [0.4, 0.5) is 0 Å². The molecule has 2 aliphatic rings. The number of hydrogen-bond acceptors (Lipinski definition) is 5. The molecule has 0 N–H and O–H groups in total. The van der Waals surface area contributed by atoms with Crippen LogP contribution in [-0.4, -0.2) is 45.3 Å². The number of carbonyl (C=O) groups excluding carboxylic acids is 3. The number of carbonyl (C=O) groups is 3. The SMILES string of the molecule is CC(C)CC(C(=O)N1CCc2c(noc2-c2ccc(Cl)cc2)C1)N1C(=O)c2ccccc2C1=O. The lowest BCUT2D eigenvalue weighted by Crippen LogP contribution is -2.52. The average molecular weight is 478 g/mol. The van der Waals surface area contributed by atoms with Gasteiger partial charge in [-0.05, 0) is 55.2 Å². The Hall–Kier alpha value is -3.45. The first-order valence-corrected chi connectivity index (χ1v) is 11.7. The standard InChI is InChI=1S/C26H24ClN3O4/c1-15(2)13-22(30-24(31)18-5-3-4-6-19(18)25(30)32)26(33)29-12-11-20-21(14-29)28-34-23(20)16-7-9-17(27)10-8-16/h3-10,15,22H,11-14H2,1-2H3. The highest BCUT2D eigenvalue weighted by Gasteiger charge is 2.44. The fraction of sp³-hybridized carbons (Fsp3) is 0.308. The first-order valence-electron chi connectivity index (χ1n) is 11.3. The first-order chi connectivity index (χ1) is 16.3. The van der Waals surface area contributed by atoms with Gasteiger partial charge in [-0.15, -0.1) is 0 Å². The number of imide groups is 1. The van der Waals surface area contributed by atoms with Gasteiger partial charge in [0.1, 0.15) is 11.7 Å². The van der Waals surface area contributed by atoms with Crippen molar-refractivity contribution in [1.82, 2.24) is 15.0 Å². The molecule has 1 aromatic heterocycles. The molecule has 0 bridgehead atoms. The predicted molar refractivity (Wildman–Crippen MR) is 126 cm³/mol. The van der Waals surface area contributed by atoms with Crippen molar-refractivity contribution in [2.45, 2.75) is 39.3 Å². The summed E-state index contributed by atoms with van der Waals surface area (Å²) in [5.74, 6) is -0.280. The van der Waals surface area contributed by atoms with Crippen molar-refractivity contribution in [2.24, 2.45) is 5.92 Å². The van der Waals surface area contributed by atoms with E-state index in [0.717, 1.165) is 16.0 Å². The minimum Gasteiger partial charge on any atom is -0.356 e. The number of amides is 3. The molecule has 7 nitrogen and oxygen atoms in total. The van der Waals surface area contributed by atoms with Crippen molar-refractivity contribution < 1.29 is 18.9 Å². The lowest BCUT2D eigenvalue weighted by atomic mass is 9.97. The minimum atomic E-state index is -0.864. The summed E-state index contributed by atoms with van der Waals surface area (Å²) >= 11 is 6.00. The maximum absolute atomic E-state index is 13.7. The van der Waals surface area contributed by atoms with Crippen LogP contribution < -0.4 is 0 Å². The van der Waals surface area contributed by atoms with E-state index in [-0.39, 0.29) is 18.4 Å². The molecule has 0 spiro atoms. The maximum atomic E-state index is 13.7. The topological polar surface area (TPSA) is 83.7 Å². The Morgan fingerprint density at radius 3 is 2.32 bits per heavy atom. The lowest BCUT2D eigenvalue weighted by Gasteiger charge is -2.33. The normalized spacial score (nSPS) is 16.1. The number of fused-ring (bicyclic) bond motifs is 2. The van der Waals surface area contributed by atoms with Crippen LogP contribution in [0, 0.1) is 5.92 Å². The minimum absolute atomic E-state index is 0.113. The van der Waals surface area contributed by atoms with E-state index in [0.29, 0.717) is 47.0 Å². The molecule has 34 heavy (non-hydrogen) atoms. The van der Waals surface area contributed by atoms with Crippen LogP contribution in [-0.2, 0) is 17.8 Å². The van der Waals surface area contributed by atoms with Gasteiger partial charge < -0.3 is 9.42 Å². The van der Waals surface area contributed by atoms with Gasteiger partial charge >= 0.3 is 0 Å². The van der Waals surface area contributed by atoms with Gasteiger partial charge in [-0.2, -0.15) is 0 Å². The Morgan fingerprint density at radius 2 is 1.71 bits per heavy atom. The second-order valence-electron chi connectivity index (χ2n) is 9.12. The van der Waals surface area contributed by atoms with Crippen LogP contribution in [0.25, 0.3) is 11.3 Å². The van der Waals surface area contributed by atoms with E-state index in [9.17, 15) is 14.4 Å². The summed E-state index contributed by atoms with van der Waals surface area (Å²) < 4.78 is 5.62. The fourth-order valence-electron chi connectivity index (χ4n) is 4.71. The summed E-state index contributed by atoms with van der Waals surface area (Å²) in [6.07, 6.45) is 0.960. The van der Waals surface area contributed by atoms with Gasteiger partial charge in [0.15, 0.2) is 5.76 Å². The van der Waals surface area contributed by atoms with E-state index in [1.165, 1.54) is 0 Å². The monoisotopic (exact) mass is 477 g/mol. The van der Waals surface area contributed by atoms with Gasteiger partial charge in [0.05, 0.1) is 17.7 Å². The molecule has 1 atom stereocenters. The highest BCUT2D eigenvalue weighted by molar-refractivity contribution is 6.30. The van der Waals surface area contributed by atoms with Crippen molar-refractivity contribution in [3.8, 4) is 11.3 Å². The molecule has 1 unspecified atom stereocenters. The third kappa shape index (κ3) is 3.80. The second kappa shape index (κ2) is 8.72. The summed E-state index contributed by atoms with van der Waals surface area (Å²) in [5, 5.41) is 4.86. The third-order valence-electron chi connectivity index (χ3n) is 6.38. The van der Waals surface area contributed by atoms with Crippen molar-refractivity contribution in [1.29, 1.82) is 0 Å². The van der Waals surface area contributed by atoms with Crippen LogP contribution >= 0.6 is 11.6 Å². The van der Waals surface area contributed by atoms with Gasteiger partial charge in [0.25, 0.3) is 11.8 Å². The number of rotatable bonds is 5. The van der Waals surface area contributed by atoms with E-state index >= 15 is 0 Å². The van der Waals surface area contributed by atoms with Crippen LogP contribution in [0.3, 0.4) is 0 Å². The van der Waals surface area contributed by atoms with Gasteiger partial charge in [-0.25, -0.2) is 0 Å². The van der Waals surface area contributed by atoms with Crippen molar-refractivity contribution >= 4 is 29.3 Å². The van der Waals surface area contributed by atoms with Gasteiger partial charge in [-0.3, -0.25) is 19.3 Å². The zero-order valence-electron chi connectivity index (χ0n) is 19.0. The summed E-state index contributed by atoms with van der Waals surface area (Å²) in [5.41, 5.74) is 3.22. The molecule has 3 heterocycles. The molecule has 0 aliphatic carbocycles. The Labute approximate surface area is 202 Å². The number of halogens is 1. The first kappa shape index (κ1) is 22.3. The quantitative estimate of drug-likeness (QED) is 0.502. The number of nitrogens with zero attached hydrogens (tertiary/aromatic N) is 3. The molecule has 0 saturated carbocycles. The van der Waals surface area contributed by atoms with E-state index in [1.54, 1.807) is 41.3 Å². The molecule has 2 aromatic carbocycles. The molecule has 174 valence electrons. The summed E-state index contributed by atoms with van der Waals surface area (Å²) in [6.45, 7) is 4.67. The molecule has 3 aromatic rings. The van der Waals surface area contributed by atoms with E-state index in [4.69, 9.17) is 16.1 Å². The van der Waals surface area contributed by atoms with E-state index in [1.807, 2.05) is 26.0 Å². The molecular formula is C26H24ClN3O4. The zero-order chi connectivity index (χ0) is 24.0. The Morgan fingerprint density at radius 1 is 1.06 bits per heavy atom. The second-order valence-corrected chi connectivity index (χ2v) is 9.56. The number of aromatic nitrogens is 1. The molecule has 3 amide bonds. The Kier molecular flexibility index (Phi) is 5.73. The molecule has 0 saturated heterocycles. The fourth-order valence-corrected chi connectivity index (χ4v) is 4.84. The van der Waals surface area contributed by atoms with Crippen LogP contribution in [0.15, 0.2) is 53.1 Å². The van der Waals surface area contributed by atoms with Crippen LogP contribution in [0.1, 0.15) is 52.2 Å². The predicted octanol–water partition coefficient (Wildman–Crippen LogP) is 4.59. The van der Waals surface area contributed by atoms with Crippen molar-refractivity contribution in [3.63, 3.8) is 0 Å². The number of hydrogen-bond donors (Lipinski definition) is 0. The Bertz CT molecular complexity index is 1250. The van der Waals surface area contributed by atoms with E-state index in [2.05, 4.69) is 5.16 Å². The molecule has 2 aliphatic heterocycles. The van der Waals surface area contributed by atoms with Gasteiger partial charge in [-0.1, -0.05) is 42.7 Å². The van der Waals surface area contributed by atoms with Crippen molar-refractivity contribution in [3.05, 3.63) is 75.9 Å². The molecule has 0 radical (unpaired) electrons. The molecular weight excluding hydrogens is 454 g/mol. The maximum Gasteiger partial charge on any atom is 0.262 e. The highest BCUT2D eigenvalue weighted by Crippen LogP contribution is 2.33. The van der Waals surface area contributed by atoms with Crippen LogP contribution in [0.2, 0.25) is 5.02 Å².